The third-order valence-electron chi connectivity index (χ3n) is 6.49. The molecule has 0 aliphatic rings. The Morgan fingerprint density at radius 3 is 1.76 bits per heavy atom. The number of carbonyl (C=O) groups is 1. The van der Waals surface area contributed by atoms with Gasteiger partial charge in [0.2, 0.25) is 0 Å². The van der Waals surface area contributed by atoms with E-state index < -0.39 is 51.8 Å². The van der Waals surface area contributed by atoms with Gasteiger partial charge in [-0.25, -0.2) is 0 Å². The van der Waals surface area contributed by atoms with Crippen LogP contribution in [0.4, 0.5) is 50.9 Å². The fourth-order valence-corrected chi connectivity index (χ4v) is 4.63. The standard InChI is InChI=1S/C29H25ClF9NO/c1-15(2)7-24(16(3)41)19-8-18(17-5-6-26(30)25(11-17)29(37,38)39)9-22(10-19)40(4)23-13-20(27(31,32)33)12-21(14-23)28(34,35)36/h5-6,8-15,24H,7H2,1-4H3. The highest BCUT2D eigenvalue weighted by Crippen LogP contribution is 2.42. The zero-order valence-electron chi connectivity index (χ0n) is 22.2. The van der Waals surface area contributed by atoms with Crippen LogP contribution in [0.25, 0.3) is 11.1 Å². The van der Waals surface area contributed by atoms with E-state index in [2.05, 4.69) is 0 Å². The quantitative estimate of drug-likeness (QED) is 0.248. The van der Waals surface area contributed by atoms with E-state index in [4.69, 9.17) is 11.6 Å². The van der Waals surface area contributed by atoms with Gasteiger partial charge in [0.1, 0.15) is 5.78 Å². The van der Waals surface area contributed by atoms with E-state index in [0.29, 0.717) is 24.1 Å². The van der Waals surface area contributed by atoms with E-state index in [9.17, 15) is 44.3 Å². The summed E-state index contributed by atoms with van der Waals surface area (Å²) in [6.07, 6.45) is -14.6. The maximum Gasteiger partial charge on any atom is 0.417 e. The molecule has 0 aromatic heterocycles. The third kappa shape index (κ3) is 7.75. The molecule has 2 nitrogen and oxygen atoms in total. The average molecular weight is 610 g/mol. The number of Topliss-reactive ketones (excluding diaryl/α,β-unsaturated/α-hetero) is 1. The van der Waals surface area contributed by atoms with Gasteiger partial charge in [-0.05, 0) is 78.4 Å². The van der Waals surface area contributed by atoms with Gasteiger partial charge in [-0.1, -0.05) is 37.6 Å². The van der Waals surface area contributed by atoms with E-state index in [0.717, 1.165) is 17.0 Å². The highest BCUT2D eigenvalue weighted by molar-refractivity contribution is 6.31. The summed E-state index contributed by atoms with van der Waals surface area (Å²) in [7, 11) is 1.23. The number of ketones is 1. The molecule has 12 heteroatoms. The van der Waals surface area contributed by atoms with Crippen molar-refractivity contribution in [1.29, 1.82) is 0 Å². The fourth-order valence-electron chi connectivity index (χ4n) is 4.41. The molecular formula is C29H25ClF9NO. The monoisotopic (exact) mass is 609 g/mol. The van der Waals surface area contributed by atoms with Crippen molar-refractivity contribution >= 4 is 28.8 Å². The zero-order chi connectivity index (χ0) is 31.1. The molecule has 3 aromatic carbocycles. The van der Waals surface area contributed by atoms with Crippen molar-refractivity contribution in [1.82, 2.24) is 0 Å². The average Bonchev–Trinajstić information content (AvgIpc) is 2.84. The maximum atomic E-state index is 13.6. The smallest absolute Gasteiger partial charge is 0.345 e. The summed E-state index contributed by atoms with van der Waals surface area (Å²) in [4.78, 5) is 13.6. The molecule has 0 radical (unpaired) electrons. The van der Waals surface area contributed by atoms with E-state index in [-0.39, 0.29) is 34.6 Å². The molecule has 0 aliphatic carbocycles. The summed E-state index contributed by atoms with van der Waals surface area (Å²) in [5, 5.41) is -0.556. The largest absolute Gasteiger partial charge is 0.417 e. The lowest BCUT2D eigenvalue weighted by Crippen LogP contribution is -2.17. The third-order valence-corrected chi connectivity index (χ3v) is 6.82. The van der Waals surface area contributed by atoms with Gasteiger partial charge in [-0.2, -0.15) is 39.5 Å². The van der Waals surface area contributed by atoms with Crippen LogP contribution in [-0.2, 0) is 23.3 Å². The first-order chi connectivity index (χ1) is 18.7. The SMILES string of the molecule is CC(=O)C(CC(C)C)c1cc(-c2ccc(Cl)c(C(F)(F)F)c2)cc(N(C)c2cc(C(F)(F)F)cc(C(F)(F)F)c2)c1. The molecule has 1 unspecified atom stereocenters. The van der Waals surface area contributed by atoms with Crippen LogP contribution in [0.5, 0.6) is 0 Å². The Morgan fingerprint density at radius 2 is 1.29 bits per heavy atom. The van der Waals surface area contributed by atoms with E-state index in [1.54, 1.807) is 0 Å². The number of anilines is 2. The number of halogens is 10. The topological polar surface area (TPSA) is 20.3 Å². The van der Waals surface area contributed by atoms with Gasteiger partial charge in [0.25, 0.3) is 0 Å². The summed E-state index contributed by atoms with van der Waals surface area (Å²) in [6.45, 7) is 5.03. The van der Waals surface area contributed by atoms with Crippen LogP contribution in [0.2, 0.25) is 5.02 Å². The second kappa shape index (κ2) is 11.6. The fraction of sp³-hybridized carbons (Fsp3) is 0.345. The Kier molecular flexibility index (Phi) is 9.13. The van der Waals surface area contributed by atoms with Crippen LogP contribution >= 0.6 is 11.6 Å². The predicted molar refractivity (Wildman–Crippen MR) is 139 cm³/mol. The highest BCUT2D eigenvalue weighted by atomic mass is 35.5. The number of carbonyl (C=O) groups excluding carboxylic acids is 1. The summed E-state index contributed by atoms with van der Waals surface area (Å²) < 4.78 is 122. The lowest BCUT2D eigenvalue weighted by molar-refractivity contribution is -0.143. The number of rotatable bonds is 7. The molecule has 0 spiro atoms. The number of alkyl halides is 9. The number of nitrogens with zero attached hydrogens (tertiary/aromatic N) is 1. The van der Waals surface area contributed by atoms with Crippen LogP contribution < -0.4 is 4.90 Å². The van der Waals surface area contributed by atoms with Crippen molar-refractivity contribution in [2.24, 2.45) is 5.92 Å². The molecule has 0 amide bonds. The van der Waals surface area contributed by atoms with Gasteiger partial charge < -0.3 is 4.90 Å². The Labute approximate surface area is 235 Å². The first-order valence-electron chi connectivity index (χ1n) is 12.2. The van der Waals surface area contributed by atoms with E-state index in [1.165, 1.54) is 38.2 Å². The molecule has 0 fully saturated rings. The molecule has 0 bridgehead atoms. The lowest BCUT2D eigenvalue weighted by atomic mass is 9.85. The van der Waals surface area contributed by atoms with Gasteiger partial charge in [-0.15, -0.1) is 0 Å². The van der Waals surface area contributed by atoms with Crippen LogP contribution in [0.1, 0.15) is 55.4 Å². The summed E-state index contributed by atoms with van der Waals surface area (Å²) in [5.74, 6) is -0.988. The van der Waals surface area contributed by atoms with Crippen molar-refractivity contribution in [2.45, 2.75) is 51.6 Å². The minimum Gasteiger partial charge on any atom is -0.345 e. The minimum absolute atomic E-state index is 0.0000138. The molecule has 0 saturated heterocycles. The van der Waals surface area contributed by atoms with Gasteiger partial charge in [0.15, 0.2) is 0 Å². The van der Waals surface area contributed by atoms with Crippen LogP contribution in [-0.4, -0.2) is 12.8 Å². The first kappa shape index (κ1) is 32.3. The van der Waals surface area contributed by atoms with Gasteiger partial charge in [-0.3, -0.25) is 4.79 Å². The summed E-state index contributed by atoms with van der Waals surface area (Å²) in [5.41, 5.74) is -4.06. The molecular weight excluding hydrogens is 585 g/mol. The summed E-state index contributed by atoms with van der Waals surface area (Å²) >= 11 is 5.76. The normalized spacial score (nSPS) is 13.4. The Hall–Kier alpha value is -3.21. The molecule has 0 aliphatic heterocycles. The van der Waals surface area contributed by atoms with E-state index in [1.807, 2.05) is 13.8 Å². The second-order valence-corrected chi connectivity index (χ2v) is 10.5. The first-order valence-corrected chi connectivity index (χ1v) is 12.6. The molecule has 0 N–H and O–H groups in total. The van der Waals surface area contributed by atoms with Crippen molar-refractivity contribution in [3.63, 3.8) is 0 Å². The highest BCUT2D eigenvalue weighted by Gasteiger charge is 2.37. The molecule has 41 heavy (non-hydrogen) atoms. The number of benzene rings is 3. The maximum absolute atomic E-state index is 13.6. The number of hydrogen-bond acceptors (Lipinski definition) is 2. The molecule has 0 saturated carbocycles. The van der Waals surface area contributed by atoms with Gasteiger partial charge in [0.05, 0.1) is 21.7 Å². The minimum atomic E-state index is -5.09. The Morgan fingerprint density at radius 1 is 0.756 bits per heavy atom. The molecule has 3 aromatic rings. The van der Waals surface area contributed by atoms with Crippen molar-refractivity contribution < 1.29 is 44.3 Å². The molecule has 0 heterocycles. The Bertz CT molecular complexity index is 1390. The van der Waals surface area contributed by atoms with Crippen molar-refractivity contribution in [3.8, 4) is 11.1 Å². The molecule has 1 atom stereocenters. The van der Waals surface area contributed by atoms with E-state index >= 15 is 0 Å². The predicted octanol–water partition coefficient (Wildman–Crippen LogP) is 10.5. The van der Waals surface area contributed by atoms with Gasteiger partial charge >= 0.3 is 18.5 Å². The van der Waals surface area contributed by atoms with Crippen LogP contribution in [0.15, 0.2) is 54.6 Å². The van der Waals surface area contributed by atoms with Crippen LogP contribution in [0, 0.1) is 5.92 Å². The van der Waals surface area contributed by atoms with Gasteiger partial charge in [0, 0.05) is 24.3 Å². The zero-order valence-corrected chi connectivity index (χ0v) is 22.9. The second-order valence-electron chi connectivity index (χ2n) is 10.1. The van der Waals surface area contributed by atoms with Crippen molar-refractivity contribution in [3.05, 3.63) is 81.9 Å². The summed E-state index contributed by atoms with van der Waals surface area (Å²) in [6, 6.07) is 8.47. The molecule has 3 rings (SSSR count). The number of hydrogen-bond donors (Lipinski definition) is 0. The van der Waals surface area contributed by atoms with Crippen molar-refractivity contribution in [2.75, 3.05) is 11.9 Å². The van der Waals surface area contributed by atoms with Crippen LogP contribution in [0.3, 0.4) is 0 Å². The molecule has 222 valence electrons. The lowest BCUT2D eigenvalue weighted by Gasteiger charge is -2.26. The Balaban J connectivity index is 2.30.